The lowest BCUT2D eigenvalue weighted by atomic mass is 9.98. The Morgan fingerprint density at radius 1 is 1.50 bits per heavy atom. The molecule has 1 saturated heterocycles. The molecule has 0 aliphatic carbocycles. The van der Waals surface area contributed by atoms with Crippen molar-refractivity contribution in [3.63, 3.8) is 0 Å². The summed E-state index contributed by atoms with van der Waals surface area (Å²) in [5.41, 5.74) is 1.86. The van der Waals surface area contributed by atoms with E-state index >= 15 is 0 Å². The maximum absolute atomic E-state index is 12.5. The number of aryl methyl sites for hydroxylation is 1. The highest BCUT2D eigenvalue weighted by molar-refractivity contribution is 9.10. The SMILES string of the molecule is Cc1cc(Br)ccc1C(=O)N1CCCC(CBr)C1. The van der Waals surface area contributed by atoms with Crippen LogP contribution in [-0.2, 0) is 0 Å². The van der Waals surface area contributed by atoms with Crippen molar-refractivity contribution in [3.05, 3.63) is 33.8 Å². The number of carbonyl (C=O) groups is 1. The molecular formula is C14H17Br2NO. The van der Waals surface area contributed by atoms with Gasteiger partial charge in [0.2, 0.25) is 0 Å². The summed E-state index contributed by atoms with van der Waals surface area (Å²) in [6, 6.07) is 5.85. The molecule has 1 heterocycles. The molecule has 1 aromatic carbocycles. The van der Waals surface area contributed by atoms with Crippen LogP contribution in [0.25, 0.3) is 0 Å². The monoisotopic (exact) mass is 373 g/mol. The van der Waals surface area contributed by atoms with E-state index in [2.05, 4.69) is 31.9 Å². The summed E-state index contributed by atoms with van der Waals surface area (Å²) < 4.78 is 1.02. The number of nitrogens with zero attached hydrogens (tertiary/aromatic N) is 1. The minimum Gasteiger partial charge on any atom is -0.338 e. The lowest BCUT2D eigenvalue weighted by molar-refractivity contribution is 0.0685. The number of rotatable bonds is 2. The maximum atomic E-state index is 12.5. The van der Waals surface area contributed by atoms with Gasteiger partial charge in [-0.3, -0.25) is 4.79 Å². The normalized spacial score (nSPS) is 19.9. The van der Waals surface area contributed by atoms with E-state index in [0.717, 1.165) is 40.4 Å². The predicted octanol–water partition coefficient (Wildman–Crippen LogP) is 4.00. The number of likely N-dealkylation sites (tertiary alicyclic amines) is 1. The van der Waals surface area contributed by atoms with Crippen molar-refractivity contribution in [1.82, 2.24) is 4.90 Å². The molecule has 0 aromatic heterocycles. The Morgan fingerprint density at radius 3 is 2.94 bits per heavy atom. The molecule has 0 spiro atoms. The first-order chi connectivity index (χ1) is 8.61. The van der Waals surface area contributed by atoms with Gasteiger partial charge in [-0.05, 0) is 49.4 Å². The van der Waals surface area contributed by atoms with Gasteiger partial charge in [0.1, 0.15) is 0 Å². The summed E-state index contributed by atoms with van der Waals surface area (Å²) in [7, 11) is 0. The van der Waals surface area contributed by atoms with Crippen LogP contribution in [0.1, 0.15) is 28.8 Å². The summed E-state index contributed by atoms with van der Waals surface area (Å²) in [4.78, 5) is 14.5. The van der Waals surface area contributed by atoms with Crippen molar-refractivity contribution >= 4 is 37.8 Å². The third-order valence-corrected chi connectivity index (χ3v) is 4.85. The van der Waals surface area contributed by atoms with E-state index in [-0.39, 0.29) is 5.91 Å². The van der Waals surface area contributed by atoms with Gasteiger partial charge in [-0.15, -0.1) is 0 Å². The van der Waals surface area contributed by atoms with Gasteiger partial charge in [0.25, 0.3) is 5.91 Å². The van der Waals surface area contributed by atoms with E-state index in [4.69, 9.17) is 0 Å². The fraction of sp³-hybridized carbons (Fsp3) is 0.500. The van der Waals surface area contributed by atoms with E-state index in [0.29, 0.717) is 5.92 Å². The number of alkyl halides is 1. The third-order valence-electron chi connectivity index (χ3n) is 3.44. The van der Waals surface area contributed by atoms with Gasteiger partial charge in [0.05, 0.1) is 0 Å². The number of benzene rings is 1. The zero-order valence-electron chi connectivity index (χ0n) is 10.5. The zero-order chi connectivity index (χ0) is 13.1. The molecule has 2 nitrogen and oxygen atoms in total. The highest BCUT2D eigenvalue weighted by Gasteiger charge is 2.24. The van der Waals surface area contributed by atoms with E-state index in [9.17, 15) is 4.79 Å². The van der Waals surface area contributed by atoms with Gasteiger partial charge >= 0.3 is 0 Å². The lowest BCUT2D eigenvalue weighted by Gasteiger charge is -2.32. The smallest absolute Gasteiger partial charge is 0.254 e. The van der Waals surface area contributed by atoms with Gasteiger partial charge in [-0.25, -0.2) is 0 Å². The van der Waals surface area contributed by atoms with Crippen LogP contribution in [0.5, 0.6) is 0 Å². The lowest BCUT2D eigenvalue weighted by Crippen LogP contribution is -2.40. The quantitative estimate of drug-likeness (QED) is 0.716. The van der Waals surface area contributed by atoms with Crippen LogP contribution in [-0.4, -0.2) is 29.2 Å². The molecular weight excluding hydrogens is 358 g/mol. The van der Waals surface area contributed by atoms with Crippen molar-refractivity contribution in [1.29, 1.82) is 0 Å². The van der Waals surface area contributed by atoms with Gasteiger partial charge in [-0.2, -0.15) is 0 Å². The fourth-order valence-electron chi connectivity index (χ4n) is 2.41. The summed E-state index contributed by atoms with van der Waals surface area (Å²) in [5.74, 6) is 0.768. The Kier molecular flexibility index (Phi) is 4.84. The number of amides is 1. The zero-order valence-corrected chi connectivity index (χ0v) is 13.6. The van der Waals surface area contributed by atoms with Crippen LogP contribution < -0.4 is 0 Å². The molecule has 0 saturated carbocycles. The van der Waals surface area contributed by atoms with Crippen molar-refractivity contribution in [2.45, 2.75) is 19.8 Å². The van der Waals surface area contributed by atoms with Gasteiger partial charge in [0, 0.05) is 28.5 Å². The van der Waals surface area contributed by atoms with Crippen LogP contribution >= 0.6 is 31.9 Å². The van der Waals surface area contributed by atoms with Gasteiger partial charge < -0.3 is 4.90 Å². The molecule has 0 N–H and O–H groups in total. The van der Waals surface area contributed by atoms with Crippen molar-refractivity contribution in [3.8, 4) is 0 Å². The number of hydrogen-bond donors (Lipinski definition) is 0. The first kappa shape index (κ1) is 14.1. The summed E-state index contributed by atoms with van der Waals surface area (Å²) >= 11 is 6.95. The second kappa shape index (κ2) is 6.20. The average Bonchev–Trinajstić information content (AvgIpc) is 2.38. The van der Waals surface area contributed by atoms with E-state index in [1.807, 2.05) is 30.0 Å². The van der Waals surface area contributed by atoms with E-state index in [1.54, 1.807) is 0 Å². The maximum Gasteiger partial charge on any atom is 0.254 e. The van der Waals surface area contributed by atoms with Crippen molar-refractivity contribution in [2.24, 2.45) is 5.92 Å². The molecule has 1 aliphatic rings. The third kappa shape index (κ3) is 3.15. The van der Waals surface area contributed by atoms with Crippen LogP contribution in [0.15, 0.2) is 22.7 Å². The molecule has 1 fully saturated rings. The Morgan fingerprint density at radius 2 is 2.28 bits per heavy atom. The number of halogens is 2. The second-order valence-electron chi connectivity index (χ2n) is 4.87. The van der Waals surface area contributed by atoms with Crippen LogP contribution in [0, 0.1) is 12.8 Å². The molecule has 0 radical (unpaired) electrons. The minimum atomic E-state index is 0.172. The Balaban J connectivity index is 2.15. The molecule has 0 bridgehead atoms. The molecule has 1 unspecified atom stereocenters. The van der Waals surface area contributed by atoms with Crippen LogP contribution in [0.4, 0.5) is 0 Å². The van der Waals surface area contributed by atoms with E-state index < -0.39 is 0 Å². The van der Waals surface area contributed by atoms with Crippen molar-refractivity contribution in [2.75, 3.05) is 18.4 Å². The molecule has 1 aliphatic heterocycles. The fourth-order valence-corrected chi connectivity index (χ4v) is 3.42. The number of carbonyl (C=O) groups excluding carboxylic acids is 1. The molecule has 98 valence electrons. The summed E-state index contributed by atoms with van der Waals surface area (Å²) in [6.45, 7) is 3.75. The molecule has 4 heteroatoms. The summed E-state index contributed by atoms with van der Waals surface area (Å²) in [5, 5.41) is 0.982. The molecule has 1 amide bonds. The second-order valence-corrected chi connectivity index (χ2v) is 6.44. The minimum absolute atomic E-state index is 0.172. The van der Waals surface area contributed by atoms with Crippen molar-refractivity contribution < 1.29 is 4.79 Å². The standard InChI is InChI=1S/C14H17Br2NO/c1-10-7-12(16)4-5-13(10)14(18)17-6-2-3-11(8-15)9-17/h4-5,7,11H,2-3,6,8-9H2,1H3. The first-order valence-corrected chi connectivity index (χ1v) is 8.14. The Hall–Kier alpha value is -0.350. The van der Waals surface area contributed by atoms with Gasteiger partial charge in [0.15, 0.2) is 0 Å². The topological polar surface area (TPSA) is 20.3 Å². The van der Waals surface area contributed by atoms with Gasteiger partial charge in [-0.1, -0.05) is 31.9 Å². The molecule has 1 atom stereocenters. The predicted molar refractivity (Wildman–Crippen MR) is 81.3 cm³/mol. The number of piperidine rings is 1. The molecule has 18 heavy (non-hydrogen) atoms. The first-order valence-electron chi connectivity index (χ1n) is 6.23. The van der Waals surface area contributed by atoms with Crippen LogP contribution in [0.2, 0.25) is 0 Å². The number of hydrogen-bond acceptors (Lipinski definition) is 1. The van der Waals surface area contributed by atoms with Crippen LogP contribution in [0.3, 0.4) is 0 Å². The highest BCUT2D eigenvalue weighted by atomic mass is 79.9. The Labute approximate surface area is 125 Å². The Bertz CT molecular complexity index is 447. The summed E-state index contributed by atoms with van der Waals surface area (Å²) in [6.07, 6.45) is 2.33. The molecule has 1 aromatic rings. The largest absolute Gasteiger partial charge is 0.338 e. The molecule has 2 rings (SSSR count). The van der Waals surface area contributed by atoms with E-state index in [1.165, 1.54) is 6.42 Å². The highest BCUT2D eigenvalue weighted by Crippen LogP contribution is 2.22. The average molecular weight is 375 g/mol.